The van der Waals surface area contributed by atoms with Crippen molar-refractivity contribution >= 4 is 17.5 Å². The van der Waals surface area contributed by atoms with Crippen LogP contribution in [0.15, 0.2) is 18.2 Å². The molecule has 1 heterocycles. The van der Waals surface area contributed by atoms with Crippen LogP contribution in [0.2, 0.25) is 5.02 Å². The van der Waals surface area contributed by atoms with Crippen LogP contribution in [0.25, 0.3) is 0 Å². The number of hydrogen-bond donors (Lipinski definition) is 2. The summed E-state index contributed by atoms with van der Waals surface area (Å²) in [7, 11) is 0. The van der Waals surface area contributed by atoms with Gasteiger partial charge >= 0.3 is 0 Å². The molecule has 0 radical (unpaired) electrons. The van der Waals surface area contributed by atoms with E-state index in [1.165, 1.54) is 25.0 Å². The van der Waals surface area contributed by atoms with Crippen molar-refractivity contribution in [3.63, 3.8) is 0 Å². The van der Waals surface area contributed by atoms with Crippen molar-refractivity contribution in [1.29, 1.82) is 0 Å². The van der Waals surface area contributed by atoms with Gasteiger partial charge in [0.15, 0.2) is 0 Å². The maximum atomic E-state index is 12.0. The van der Waals surface area contributed by atoms with Gasteiger partial charge in [0.05, 0.1) is 5.02 Å². The number of carbonyl (C=O) groups is 1. The molecular weight excluding hydrogens is 264 g/mol. The standard InChI is InChI=1S/C14H19ClN2O2/c1-10(9-17-6-2-3-7-17)16-14(19)11-4-5-13(18)12(15)8-11/h4-5,8,10,18H,2-3,6-7,9H2,1H3,(H,16,19). The Morgan fingerprint density at radius 2 is 2.16 bits per heavy atom. The fourth-order valence-corrected chi connectivity index (χ4v) is 2.53. The molecular formula is C14H19ClN2O2. The van der Waals surface area contributed by atoms with Crippen LogP contribution in [-0.4, -0.2) is 41.6 Å². The first-order chi connectivity index (χ1) is 9.06. The molecule has 1 unspecified atom stereocenters. The van der Waals surface area contributed by atoms with Gasteiger partial charge in [-0.05, 0) is 51.1 Å². The van der Waals surface area contributed by atoms with Gasteiger partial charge in [-0.3, -0.25) is 4.79 Å². The third kappa shape index (κ3) is 3.85. The minimum Gasteiger partial charge on any atom is -0.506 e. The molecule has 1 atom stereocenters. The highest BCUT2D eigenvalue weighted by atomic mass is 35.5. The third-order valence-corrected chi connectivity index (χ3v) is 3.62. The molecule has 1 fully saturated rings. The molecule has 0 spiro atoms. The lowest BCUT2D eigenvalue weighted by molar-refractivity contribution is 0.0932. The summed E-state index contributed by atoms with van der Waals surface area (Å²) >= 11 is 5.79. The number of nitrogens with zero attached hydrogens (tertiary/aromatic N) is 1. The zero-order chi connectivity index (χ0) is 13.8. The number of amides is 1. The lowest BCUT2D eigenvalue weighted by atomic mass is 10.2. The quantitative estimate of drug-likeness (QED) is 0.891. The van der Waals surface area contributed by atoms with Gasteiger partial charge in [-0.25, -0.2) is 0 Å². The van der Waals surface area contributed by atoms with E-state index >= 15 is 0 Å². The number of carbonyl (C=O) groups excluding carboxylic acids is 1. The summed E-state index contributed by atoms with van der Waals surface area (Å²) in [6, 6.07) is 4.58. The zero-order valence-electron chi connectivity index (χ0n) is 11.0. The van der Waals surface area contributed by atoms with Crippen LogP contribution in [0, 0.1) is 0 Å². The maximum Gasteiger partial charge on any atom is 0.251 e. The van der Waals surface area contributed by atoms with Crippen LogP contribution in [-0.2, 0) is 0 Å². The third-order valence-electron chi connectivity index (χ3n) is 3.32. The highest BCUT2D eigenvalue weighted by Gasteiger charge is 2.17. The molecule has 1 aromatic rings. The Hall–Kier alpha value is -1.26. The predicted molar refractivity (Wildman–Crippen MR) is 75.7 cm³/mol. The minimum absolute atomic E-state index is 0.0108. The molecule has 2 N–H and O–H groups in total. The number of benzene rings is 1. The number of likely N-dealkylation sites (tertiary alicyclic amines) is 1. The van der Waals surface area contributed by atoms with Crippen LogP contribution in [0.1, 0.15) is 30.1 Å². The van der Waals surface area contributed by atoms with E-state index in [0.29, 0.717) is 5.56 Å². The first-order valence-electron chi connectivity index (χ1n) is 6.58. The van der Waals surface area contributed by atoms with E-state index in [1.54, 1.807) is 6.07 Å². The van der Waals surface area contributed by atoms with E-state index in [9.17, 15) is 9.90 Å². The van der Waals surface area contributed by atoms with Gasteiger partial charge in [-0.15, -0.1) is 0 Å². The molecule has 0 aliphatic carbocycles. The normalized spacial score (nSPS) is 17.4. The Kier molecular flexibility index (Phi) is 4.66. The van der Waals surface area contributed by atoms with Crippen molar-refractivity contribution in [2.45, 2.75) is 25.8 Å². The first-order valence-corrected chi connectivity index (χ1v) is 6.96. The number of phenolic OH excluding ortho intramolecular Hbond substituents is 1. The largest absolute Gasteiger partial charge is 0.506 e. The molecule has 1 saturated heterocycles. The van der Waals surface area contributed by atoms with E-state index in [4.69, 9.17) is 11.6 Å². The SMILES string of the molecule is CC(CN1CCCC1)NC(=O)c1ccc(O)c(Cl)c1. The summed E-state index contributed by atoms with van der Waals surface area (Å²) < 4.78 is 0. The Morgan fingerprint density at radius 1 is 1.47 bits per heavy atom. The van der Waals surface area contributed by atoms with Crippen molar-refractivity contribution < 1.29 is 9.90 Å². The average Bonchev–Trinajstić information content (AvgIpc) is 2.85. The Morgan fingerprint density at radius 3 is 2.79 bits per heavy atom. The molecule has 2 rings (SSSR count). The Bertz CT molecular complexity index is 459. The van der Waals surface area contributed by atoms with Gasteiger partial charge in [-0.1, -0.05) is 11.6 Å². The van der Waals surface area contributed by atoms with Crippen LogP contribution in [0.5, 0.6) is 5.75 Å². The Labute approximate surface area is 118 Å². The molecule has 1 aromatic carbocycles. The molecule has 104 valence electrons. The van der Waals surface area contributed by atoms with Crippen molar-refractivity contribution in [2.75, 3.05) is 19.6 Å². The van der Waals surface area contributed by atoms with E-state index in [-0.39, 0.29) is 22.7 Å². The average molecular weight is 283 g/mol. The second-order valence-electron chi connectivity index (χ2n) is 5.05. The number of nitrogens with one attached hydrogen (secondary N) is 1. The Balaban J connectivity index is 1.90. The maximum absolute atomic E-state index is 12.0. The number of halogens is 1. The summed E-state index contributed by atoms with van der Waals surface area (Å²) in [6.45, 7) is 5.10. The van der Waals surface area contributed by atoms with Crippen LogP contribution < -0.4 is 5.32 Å². The van der Waals surface area contributed by atoms with Crippen molar-refractivity contribution in [1.82, 2.24) is 10.2 Å². The summed E-state index contributed by atoms with van der Waals surface area (Å²) in [6.07, 6.45) is 2.49. The number of rotatable bonds is 4. The van der Waals surface area contributed by atoms with Crippen LogP contribution in [0.3, 0.4) is 0 Å². The van der Waals surface area contributed by atoms with E-state index < -0.39 is 0 Å². The second kappa shape index (κ2) is 6.26. The predicted octanol–water partition coefficient (Wildman–Crippen LogP) is 2.26. The molecule has 19 heavy (non-hydrogen) atoms. The molecule has 0 aromatic heterocycles. The van der Waals surface area contributed by atoms with Crippen molar-refractivity contribution in [3.05, 3.63) is 28.8 Å². The summed E-state index contributed by atoms with van der Waals surface area (Å²) in [4.78, 5) is 14.4. The van der Waals surface area contributed by atoms with Crippen molar-refractivity contribution in [2.24, 2.45) is 0 Å². The van der Waals surface area contributed by atoms with Crippen LogP contribution in [0.4, 0.5) is 0 Å². The fourth-order valence-electron chi connectivity index (χ4n) is 2.35. The highest BCUT2D eigenvalue weighted by Crippen LogP contribution is 2.23. The molecule has 5 heteroatoms. The van der Waals surface area contributed by atoms with Crippen LogP contribution >= 0.6 is 11.6 Å². The summed E-state index contributed by atoms with van der Waals surface area (Å²) in [5, 5.41) is 12.5. The van der Waals surface area contributed by atoms with Gasteiger partial charge in [0, 0.05) is 18.2 Å². The highest BCUT2D eigenvalue weighted by molar-refractivity contribution is 6.32. The first kappa shape index (κ1) is 14.2. The lowest BCUT2D eigenvalue weighted by Gasteiger charge is -2.21. The number of hydrogen-bond acceptors (Lipinski definition) is 3. The lowest BCUT2D eigenvalue weighted by Crippen LogP contribution is -2.41. The molecule has 0 saturated carbocycles. The summed E-state index contributed by atoms with van der Waals surface area (Å²) in [5.74, 6) is -0.170. The van der Waals surface area contributed by atoms with Crippen molar-refractivity contribution in [3.8, 4) is 5.75 Å². The molecule has 1 aliphatic heterocycles. The number of phenols is 1. The zero-order valence-corrected chi connectivity index (χ0v) is 11.8. The summed E-state index contributed by atoms with van der Waals surface area (Å²) in [5.41, 5.74) is 0.469. The second-order valence-corrected chi connectivity index (χ2v) is 5.46. The van der Waals surface area contributed by atoms with Gasteiger partial charge in [-0.2, -0.15) is 0 Å². The van der Waals surface area contributed by atoms with Gasteiger partial charge in [0.25, 0.3) is 5.91 Å². The molecule has 1 amide bonds. The molecule has 4 nitrogen and oxygen atoms in total. The van der Waals surface area contributed by atoms with Gasteiger partial charge in [0.2, 0.25) is 0 Å². The van der Waals surface area contributed by atoms with E-state index in [1.807, 2.05) is 6.92 Å². The molecule has 1 aliphatic rings. The smallest absolute Gasteiger partial charge is 0.251 e. The fraction of sp³-hybridized carbons (Fsp3) is 0.500. The monoisotopic (exact) mass is 282 g/mol. The number of aromatic hydroxyl groups is 1. The minimum atomic E-state index is -0.159. The van der Waals surface area contributed by atoms with E-state index in [0.717, 1.165) is 19.6 Å². The van der Waals surface area contributed by atoms with Gasteiger partial charge < -0.3 is 15.3 Å². The van der Waals surface area contributed by atoms with Gasteiger partial charge in [0.1, 0.15) is 5.75 Å². The topological polar surface area (TPSA) is 52.6 Å². The van der Waals surface area contributed by atoms with E-state index in [2.05, 4.69) is 10.2 Å². The molecule has 0 bridgehead atoms.